The van der Waals surface area contributed by atoms with Gasteiger partial charge in [-0.25, -0.2) is 0 Å². The van der Waals surface area contributed by atoms with Gasteiger partial charge in [0.05, 0.1) is 13.1 Å². The van der Waals surface area contributed by atoms with Crippen molar-refractivity contribution in [2.75, 3.05) is 13.1 Å². The molecule has 0 radical (unpaired) electrons. The third-order valence-electron chi connectivity index (χ3n) is 2.54. The number of hydrogen-bond acceptors (Lipinski definition) is 3. The molecular weight excluding hydrogens is 204 g/mol. The molecule has 2 atom stereocenters. The number of nitrogens with zero attached hydrogens (tertiary/aromatic N) is 1. The summed E-state index contributed by atoms with van der Waals surface area (Å²) in [5.41, 5.74) is 0. The van der Waals surface area contributed by atoms with Crippen LogP contribution in [0.5, 0.6) is 0 Å². The van der Waals surface area contributed by atoms with E-state index in [1.165, 1.54) is 0 Å². The maximum Gasteiger partial charge on any atom is 0.239 e. The van der Waals surface area contributed by atoms with E-state index in [9.17, 15) is 4.79 Å². The van der Waals surface area contributed by atoms with Gasteiger partial charge in [-0.15, -0.1) is 6.42 Å². The molecule has 1 aliphatic heterocycles. The van der Waals surface area contributed by atoms with E-state index in [1.807, 2.05) is 24.0 Å². The lowest BCUT2D eigenvalue weighted by Gasteiger charge is -2.01. The summed E-state index contributed by atoms with van der Waals surface area (Å²) in [5.74, 6) is 4.17. The fraction of sp³-hybridized carbons (Fsp3) is 0.417. The van der Waals surface area contributed by atoms with Crippen LogP contribution in [-0.4, -0.2) is 29.9 Å². The van der Waals surface area contributed by atoms with Crippen LogP contribution >= 0.6 is 0 Å². The molecule has 84 valence electrons. The Kier molecular flexibility index (Phi) is 2.97. The fourth-order valence-corrected chi connectivity index (χ4v) is 1.62. The number of terminal acetylenes is 1. The van der Waals surface area contributed by atoms with Crippen molar-refractivity contribution in [1.82, 2.24) is 10.2 Å². The Hall–Kier alpha value is -1.73. The summed E-state index contributed by atoms with van der Waals surface area (Å²) in [6.45, 7) is 3.66. The molecule has 2 unspecified atom stereocenters. The molecule has 0 bridgehead atoms. The quantitative estimate of drug-likeness (QED) is 0.592. The zero-order valence-corrected chi connectivity index (χ0v) is 9.19. The molecule has 1 aromatic rings. The van der Waals surface area contributed by atoms with Crippen molar-refractivity contribution < 1.29 is 9.21 Å². The van der Waals surface area contributed by atoms with Gasteiger partial charge in [0.25, 0.3) is 0 Å². The first-order valence-electron chi connectivity index (χ1n) is 5.21. The van der Waals surface area contributed by atoms with Crippen molar-refractivity contribution >= 4 is 5.91 Å². The molecule has 1 fully saturated rings. The molecule has 4 nitrogen and oxygen atoms in total. The minimum atomic E-state index is -0.0428. The van der Waals surface area contributed by atoms with E-state index < -0.39 is 0 Å². The molecule has 0 spiro atoms. The Morgan fingerprint density at radius 1 is 1.75 bits per heavy atom. The van der Waals surface area contributed by atoms with Crippen LogP contribution in [0.2, 0.25) is 0 Å². The molecule has 1 saturated heterocycles. The number of carbonyl (C=O) groups is 1. The van der Waals surface area contributed by atoms with Crippen LogP contribution in [0.25, 0.3) is 0 Å². The molecular formula is C12H14N2O2. The molecule has 16 heavy (non-hydrogen) atoms. The van der Waals surface area contributed by atoms with Crippen molar-refractivity contribution in [3.05, 3.63) is 23.7 Å². The number of carbonyl (C=O) groups excluding carboxylic acids is 1. The van der Waals surface area contributed by atoms with Gasteiger partial charge < -0.3 is 9.73 Å². The minimum Gasteiger partial charge on any atom is -0.465 e. The van der Waals surface area contributed by atoms with Crippen molar-refractivity contribution in [1.29, 1.82) is 0 Å². The molecule has 4 heteroatoms. The highest BCUT2D eigenvalue weighted by atomic mass is 16.3. The summed E-state index contributed by atoms with van der Waals surface area (Å²) < 4.78 is 5.44. The van der Waals surface area contributed by atoms with Crippen LogP contribution in [0.4, 0.5) is 0 Å². The molecule has 0 aliphatic carbocycles. The summed E-state index contributed by atoms with van der Waals surface area (Å²) in [5, 5.41) is 2.67. The van der Waals surface area contributed by atoms with E-state index in [4.69, 9.17) is 10.8 Å². The van der Waals surface area contributed by atoms with Crippen LogP contribution < -0.4 is 5.32 Å². The molecule has 1 N–H and O–H groups in total. The lowest BCUT2D eigenvalue weighted by molar-refractivity contribution is -0.121. The summed E-state index contributed by atoms with van der Waals surface area (Å²) in [7, 11) is 0. The Morgan fingerprint density at radius 2 is 2.56 bits per heavy atom. The first-order chi connectivity index (χ1) is 7.70. The molecule has 0 aromatic carbocycles. The second-order valence-electron chi connectivity index (χ2n) is 3.88. The summed E-state index contributed by atoms with van der Waals surface area (Å²) >= 11 is 0. The molecule has 0 saturated carbocycles. The standard InChI is InChI=1S/C12H14N2O2/c1-3-6-13-12(15)11-8-14(11)7-10-5-4-9(2)16-10/h1,4-5,11H,6-8H2,2H3,(H,13,15). The van der Waals surface area contributed by atoms with Gasteiger partial charge in [-0.05, 0) is 19.1 Å². The lowest BCUT2D eigenvalue weighted by Crippen LogP contribution is -2.30. The largest absolute Gasteiger partial charge is 0.465 e. The van der Waals surface area contributed by atoms with Gasteiger partial charge in [-0.2, -0.15) is 0 Å². The van der Waals surface area contributed by atoms with E-state index >= 15 is 0 Å². The second kappa shape index (κ2) is 4.42. The Labute approximate surface area is 94.6 Å². The number of nitrogens with one attached hydrogen (secondary N) is 1. The maximum atomic E-state index is 11.5. The second-order valence-corrected chi connectivity index (χ2v) is 3.88. The fourth-order valence-electron chi connectivity index (χ4n) is 1.62. The number of aryl methyl sites for hydroxylation is 1. The van der Waals surface area contributed by atoms with Gasteiger partial charge in [0.1, 0.15) is 17.6 Å². The highest BCUT2D eigenvalue weighted by Gasteiger charge is 2.40. The third-order valence-corrected chi connectivity index (χ3v) is 2.54. The average Bonchev–Trinajstić information content (AvgIpc) is 2.90. The first-order valence-corrected chi connectivity index (χ1v) is 5.21. The van der Waals surface area contributed by atoms with Crippen molar-refractivity contribution in [2.45, 2.75) is 19.5 Å². The van der Waals surface area contributed by atoms with Crippen LogP contribution in [0, 0.1) is 19.3 Å². The number of hydrogen-bond donors (Lipinski definition) is 1. The van der Waals surface area contributed by atoms with Gasteiger partial charge in [0.2, 0.25) is 5.91 Å². The Morgan fingerprint density at radius 3 is 3.19 bits per heavy atom. The monoisotopic (exact) mass is 218 g/mol. The van der Waals surface area contributed by atoms with Crippen molar-refractivity contribution in [3.63, 3.8) is 0 Å². The van der Waals surface area contributed by atoms with Gasteiger partial charge in [0, 0.05) is 6.54 Å². The molecule has 1 amide bonds. The van der Waals surface area contributed by atoms with E-state index in [-0.39, 0.29) is 11.9 Å². The predicted octanol–water partition coefficient (Wildman–Crippen LogP) is 0.522. The smallest absolute Gasteiger partial charge is 0.239 e. The minimum absolute atomic E-state index is 0.00114. The molecule has 1 aromatic heterocycles. The van der Waals surface area contributed by atoms with E-state index in [0.717, 1.165) is 18.1 Å². The van der Waals surface area contributed by atoms with E-state index in [0.29, 0.717) is 13.1 Å². The third kappa shape index (κ3) is 2.44. The summed E-state index contributed by atoms with van der Waals surface area (Å²) in [6, 6.07) is 3.81. The number of furan rings is 1. The molecule has 2 heterocycles. The van der Waals surface area contributed by atoms with Gasteiger partial charge in [0.15, 0.2) is 0 Å². The summed E-state index contributed by atoms with van der Waals surface area (Å²) in [6.07, 6.45) is 5.07. The highest BCUT2D eigenvalue weighted by Crippen LogP contribution is 2.21. The van der Waals surface area contributed by atoms with Gasteiger partial charge in [-0.3, -0.25) is 9.69 Å². The number of rotatable bonds is 4. The molecule has 2 rings (SSSR count). The Balaban J connectivity index is 1.79. The van der Waals surface area contributed by atoms with Gasteiger partial charge >= 0.3 is 0 Å². The number of amides is 1. The molecule has 1 aliphatic rings. The van der Waals surface area contributed by atoms with Crippen LogP contribution in [0.15, 0.2) is 16.5 Å². The van der Waals surface area contributed by atoms with Crippen molar-refractivity contribution in [2.24, 2.45) is 0 Å². The highest BCUT2D eigenvalue weighted by molar-refractivity contribution is 5.84. The van der Waals surface area contributed by atoms with Crippen molar-refractivity contribution in [3.8, 4) is 12.3 Å². The summed E-state index contributed by atoms with van der Waals surface area (Å²) in [4.78, 5) is 13.5. The topological polar surface area (TPSA) is 45.2 Å². The lowest BCUT2D eigenvalue weighted by atomic mass is 10.4. The van der Waals surface area contributed by atoms with E-state index in [1.54, 1.807) is 0 Å². The Bertz CT molecular complexity index is 430. The van der Waals surface area contributed by atoms with Crippen LogP contribution in [-0.2, 0) is 11.3 Å². The maximum absolute atomic E-state index is 11.5. The normalized spacial score (nSPS) is 22.5. The van der Waals surface area contributed by atoms with Gasteiger partial charge in [-0.1, -0.05) is 5.92 Å². The predicted molar refractivity (Wildman–Crippen MR) is 59.5 cm³/mol. The zero-order valence-electron chi connectivity index (χ0n) is 9.19. The van der Waals surface area contributed by atoms with Crippen LogP contribution in [0.3, 0.4) is 0 Å². The zero-order chi connectivity index (χ0) is 11.5. The first kappa shape index (κ1) is 10.8. The van der Waals surface area contributed by atoms with Crippen LogP contribution in [0.1, 0.15) is 11.5 Å². The van der Waals surface area contributed by atoms with E-state index in [2.05, 4.69) is 11.2 Å². The SMILES string of the molecule is C#CCNC(=O)C1CN1Cc1ccc(C)o1. The average molecular weight is 218 g/mol.